The quantitative estimate of drug-likeness (QED) is 0.772. The molecule has 14 heavy (non-hydrogen) atoms. The molecule has 4 nitrogen and oxygen atoms in total. The molecule has 1 aromatic rings. The molecule has 1 saturated carbocycles. The molecule has 0 atom stereocenters. The molecular formula is C10H13N3O. The van der Waals surface area contributed by atoms with Gasteiger partial charge in [0.15, 0.2) is 0 Å². The smallest absolute Gasteiger partial charge is 0.228 e. The van der Waals surface area contributed by atoms with E-state index in [1.807, 2.05) is 0 Å². The second-order valence-electron chi connectivity index (χ2n) is 3.57. The van der Waals surface area contributed by atoms with E-state index in [4.69, 9.17) is 0 Å². The zero-order valence-corrected chi connectivity index (χ0v) is 7.94. The fourth-order valence-electron chi connectivity index (χ4n) is 1.78. The van der Waals surface area contributed by atoms with Gasteiger partial charge in [0.05, 0.1) is 0 Å². The highest BCUT2D eigenvalue weighted by Gasteiger charge is 2.22. The number of carbonyl (C=O) groups excluding carboxylic acids is 1. The number of carbonyl (C=O) groups is 1. The molecule has 1 fully saturated rings. The van der Waals surface area contributed by atoms with Crippen molar-refractivity contribution in [3.8, 4) is 0 Å². The Balaban J connectivity index is 1.94. The molecule has 74 valence electrons. The van der Waals surface area contributed by atoms with Gasteiger partial charge >= 0.3 is 0 Å². The first-order valence-corrected chi connectivity index (χ1v) is 4.93. The second kappa shape index (κ2) is 4.17. The normalized spacial score (nSPS) is 16.9. The van der Waals surface area contributed by atoms with Crippen molar-refractivity contribution in [1.82, 2.24) is 9.97 Å². The second-order valence-corrected chi connectivity index (χ2v) is 3.57. The van der Waals surface area contributed by atoms with Crippen molar-refractivity contribution in [2.24, 2.45) is 5.92 Å². The number of amides is 1. The van der Waals surface area contributed by atoms with Crippen molar-refractivity contribution in [3.05, 3.63) is 18.6 Å². The molecule has 0 bridgehead atoms. The number of rotatable bonds is 2. The molecule has 0 unspecified atom stereocenters. The zero-order chi connectivity index (χ0) is 9.80. The van der Waals surface area contributed by atoms with Crippen molar-refractivity contribution < 1.29 is 4.79 Å². The highest BCUT2D eigenvalue weighted by atomic mass is 16.1. The fourth-order valence-corrected chi connectivity index (χ4v) is 1.78. The van der Waals surface area contributed by atoms with E-state index < -0.39 is 0 Å². The van der Waals surface area contributed by atoms with E-state index in [2.05, 4.69) is 15.3 Å². The van der Waals surface area contributed by atoms with Crippen LogP contribution < -0.4 is 5.32 Å². The predicted octanol–water partition coefficient (Wildman–Crippen LogP) is 1.61. The van der Waals surface area contributed by atoms with Crippen LogP contribution in [0.1, 0.15) is 25.7 Å². The molecule has 2 rings (SSSR count). The van der Waals surface area contributed by atoms with Crippen LogP contribution in [0.3, 0.4) is 0 Å². The largest absolute Gasteiger partial charge is 0.310 e. The van der Waals surface area contributed by atoms with Crippen molar-refractivity contribution in [2.45, 2.75) is 25.7 Å². The SMILES string of the molecule is O=C(Nc1ccncn1)C1CCCC1. The molecule has 0 radical (unpaired) electrons. The van der Waals surface area contributed by atoms with E-state index in [1.165, 1.54) is 19.2 Å². The fraction of sp³-hybridized carbons (Fsp3) is 0.500. The summed E-state index contributed by atoms with van der Waals surface area (Å²) in [6, 6.07) is 1.70. The predicted molar refractivity (Wildman–Crippen MR) is 52.6 cm³/mol. The lowest BCUT2D eigenvalue weighted by Gasteiger charge is -2.08. The molecule has 1 aliphatic carbocycles. The lowest BCUT2D eigenvalue weighted by atomic mass is 10.1. The summed E-state index contributed by atoms with van der Waals surface area (Å²) in [7, 11) is 0. The first-order valence-electron chi connectivity index (χ1n) is 4.93. The maximum atomic E-state index is 11.6. The number of hydrogen-bond acceptors (Lipinski definition) is 3. The number of nitrogens with one attached hydrogen (secondary N) is 1. The Morgan fingerprint density at radius 3 is 2.86 bits per heavy atom. The van der Waals surface area contributed by atoms with Crippen LogP contribution in [0.25, 0.3) is 0 Å². The Morgan fingerprint density at radius 1 is 1.43 bits per heavy atom. The molecule has 1 aliphatic rings. The molecular weight excluding hydrogens is 178 g/mol. The topological polar surface area (TPSA) is 54.9 Å². The molecule has 0 aliphatic heterocycles. The number of aromatic nitrogens is 2. The summed E-state index contributed by atoms with van der Waals surface area (Å²) < 4.78 is 0. The Labute approximate surface area is 82.8 Å². The molecule has 1 N–H and O–H groups in total. The standard InChI is InChI=1S/C10H13N3O/c14-10(8-3-1-2-4-8)13-9-5-6-11-7-12-9/h5-8H,1-4H2,(H,11,12,13,14). The van der Waals surface area contributed by atoms with Gasteiger partial charge in [-0.15, -0.1) is 0 Å². The van der Waals surface area contributed by atoms with Crippen molar-refractivity contribution in [2.75, 3.05) is 5.32 Å². The molecule has 1 amide bonds. The van der Waals surface area contributed by atoms with Gasteiger partial charge in [0, 0.05) is 12.1 Å². The van der Waals surface area contributed by atoms with E-state index in [-0.39, 0.29) is 11.8 Å². The number of anilines is 1. The van der Waals surface area contributed by atoms with Crippen LogP contribution in [0.15, 0.2) is 18.6 Å². The minimum Gasteiger partial charge on any atom is -0.310 e. The third-order valence-electron chi connectivity index (χ3n) is 2.56. The first kappa shape index (κ1) is 9.12. The van der Waals surface area contributed by atoms with Gasteiger partial charge in [-0.1, -0.05) is 12.8 Å². The Kier molecular flexibility index (Phi) is 2.72. The summed E-state index contributed by atoms with van der Waals surface area (Å²) in [5, 5.41) is 2.79. The lowest BCUT2D eigenvalue weighted by Crippen LogP contribution is -2.20. The summed E-state index contributed by atoms with van der Waals surface area (Å²) in [5.74, 6) is 0.878. The Bertz CT molecular complexity index is 306. The summed E-state index contributed by atoms with van der Waals surface area (Å²) in [6.07, 6.45) is 7.42. The molecule has 1 aromatic heterocycles. The van der Waals surface area contributed by atoms with E-state index in [0.717, 1.165) is 12.8 Å². The van der Waals surface area contributed by atoms with Crippen LogP contribution in [0.2, 0.25) is 0 Å². The Hall–Kier alpha value is -1.45. The summed E-state index contributed by atoms with van der Waals surface area (Å²) >= 11 is 0. The molecule has 4 heteroatoms. The van der Waals surface area contributed by atoms with Crippen molar-refractivity contribution in [3.63, 3.8) is 0 Å². The third-order valence-corrected chi connectivity index (χ3v) is 2.56. The van der Waals surface area contributed by atoms with Gasteiger partial charge in [-0.25, -0.2) is 9.97 Å². The molecule has 0 spiro atoms. The average molecular weight is 191 g/mol. The van der Waals surface area contributed by atoms with E-state index in [1.54, 1.807) is 12.3 Å². The highest BCUT2D eigenvalue weighted by molar-refractivity contribution is 5.91. The van der Waals surface area contributed by atoms with Gasteiger partial charge in [-0.3, -0.25) is 4.79 Å². The van der Waals surface area contributed by atoms with Crippen molar-refractivity contribution in [1.29, 1.82) is 0 Å². The zero-order valence-electron chi connectivity index (χ0n) is 7.94. The van der Waals surface area contributed by atoms with Gasteiger partial charge in [-0.2, -0.15) is 0 Å². The maximum absolute atomic E-state index is 11.6. The summed E-state index contributed by atoms with van der Waals surface area (Å²) in [4.78, 5) is 19.4. The first-order chi connectivity index (χ1) is 6.86. The van der Waals surface area contributed by atoms with Gasteiger partial charge in [0.1, 0.15) is 12.1 Å². The minimum absolute atomic E-state index is 0.0983. The third kappa shape index (κ3) is 2.07. The molecule has 1 heterocycles. The number of nitrogens with zero attached hydrogens (tertiary/aromatic N) is 2. The van der Waals surface area contributed by atoms with Gasteiger partial charge < -0.3 is 5.32 Å². The molecule has 0 aromatic carbocycles. The lowest BCUT2D eigenvalue weighted by molar-refractivity contribution is -0.119. The van der Waals surface area contributed by atoms with Crippen LogP contribution in [-0.2, 0) is 4.79 Å². The maximum Gasteiger partial charge on any atom is 0.228 e. The Morgan fingerprint density at radius 2 is 2.21 bits per heavy atom. The summed E-state index contributed by atoms with van der Waals surface area (Å²) in [5.41, 5.74) is 0. The minimum atomic E-state index is 0.0983. The van der Waals surface area contributed by atoms with Crippen LogP contribution >= 0.6 is 0 Å². The molecule has 0 saturated heterocycles. The van der Waals surface area contributed by atoms with Crippen LogP contribution in [0.5, 0.6) is 0 Å². The van der Waals surface area contributed by atoms with Gasteiger partial charge in [-0.05, 0) is 18.9 Å². The van der Waals surface area contributed by atoms with E-state index in [0.29, 0.717) is 5.82 Å². The highest BCUT2D eigenvalue weighted by Crippen LogP contribution is 2.25. The monoisotopic (exact) mass is 191 g/mol. The van der Waals surface area contributed by atoms with E-state index in [9.17, 15) is 4.79 Å². The van der Waals surface area contributed by atoms with Gasteiger partial charge in [0.25, 0.3) is 0 Å². The van der Waals surface area contributed by atoms with Crippen LogP contribution in [-0.4, -0.2) is 15.9 Å². The van der Waals surface area contributed by atoms with Crippen LogP contribution in [0, 0.1) is 5.92 Å². The number of hydrogen-bond donors (Lipinski definition) is 1. The van der Waals surface area contributed by atoms with Gasteiger partial charge in [0.2, 0.25) is 5.91 Å². The van der Waals surface area contributed by atoms with E-state index >= 15 is 0 Å². The summed E-state index contributed by atoms with van der Waals surface area (Å²) in [6.45, 7) is 0. The van der Waals surface area contributed by atoms with Crippen LogP contribution in [0.4, 0.5) is 5.82 Å². The average Bonchev–Trinajstić information content (AvgIpc) is 2.72. The van der Waals surface area contributed by atoms with Crippen molar-refractivity contribution >= 4 is 11.7 Å².